The standard InChI is InChI=1S/C14H24N4S/c1-11-13(10-15-12-4-5-12)14(17(2)16-11)18-6-3-8-19-9-7-18/h12,15H,3-10H2,1-2H3. The Morgan fingerprint density at radius 2 is 2.16 bits per heavy atom. The van der Waals surface area contributed by atoms with Crippen molar-refractivity contribution in [1.82, 2.24) is 15.1 Å². The average Bonchev–Trinajstić information content (AvgIpc) is 3.18. The van der Waals surface area contributed by atoms with Crippen molar-refractivity contribution in [1.29, 1.82) is 0 Å². The van der Waals surface area contributed by atoms with Gasteiger partial charge in [0.15, 0.2) is 0 Å². The van der Waals surface area contributed by atoms with Gasteiger partial charge in [0.05, 0.1) is 5.69 Å². The molecule has 1 aromatic heterocycles. The van der Waals surface area contributed by atoms with Gasteiger partial charge in [-0.15, -0.1) is 0 Å². The van der Waals surface area contributed by atoms with Crippen LogP contribution in [0.15, 0.2) is 0 Å². The summed E-state index contributed by atoms with van der Waals surface area (Å²) in [4.78, 5) is 2.53. The van der Waals surface area contributed by atoms with E-state index in [0.717, 1.165) is 19.1 Å². The first kappa shape index (κ1) is 13.3. The molecule has 106 valence electrons. The Morgan fingerprint density at radius 3 is 2.95 bits per heavy atom. The molecule has 1 aliphatic heterocycles. The van der Waals surface area contributed by atoms with E-state index in [0.29, 0.717) is 0 Å². The zero-order chi connectivity index (χ0) is 13.2. The fraction of sp³-hybridized carbons (Fsp3) is 0.786. The number of aromatic nitrogens is 2. The predicted octanol–water partition coefficient (Wildman–Crippen LogP) is 1.92. The molecular weight excluding hydrogens is 256 g/mol. The summed E-state index contributed by atoms with van der Waals surface area (Å²) in [6, 6.07) is 0.757. The lowest BCUT2D eigenvalue weighted by Gasteiger charge is -2.24. The molecule has 0 bridgehead atoms. The highest BCUT2D eigenvalue weighted by molar-refractivity contribution is 7.99. The molecule has 3 rings (SSSR count). The minimum Gasteiger partial charge on any atom is -0.356 e. The van der Waals surface area contributed by atoms with Crippen molar-refractivity contribution < 1.29 is 0 Å². The fourth-order valence-corrected chi connectivity index (χ4v) is 3.67. The summed E-state index contributed by atoms with van der Waals surface area (Å²) in [5.41, 5.74) is 2.59. The van der Waals surface area contributed by atoms with Gasteiger partial charge in [0.2, 0.25) is 0 Å². The minimum atomic E-state index is 0.757. The van der Waals surface area contributed by atoms with Gasteiger partial charge >= 0.3 is 0 Å². The molecule has 0 radical (unpaired) electrons. The highest BCUT2D eigenvalue weighted by Crippen LogP contribution is 2.27. The van der Waals surface area contributed by atoms with Crippen molar-refractivity contribution in [3.05, 3.63) is 11.3 Å². The van der Waals surface area contributed by atoms with Gasteiger partial charge in [0.25, 0.3) is 0 Å². The SMILES string of the molecule is Cc1nn(C)c(N2CCCSCC2)c1CNC1CC1. The van der Waals surface area contributed by atoms with Crippen LogP contribution in [0.25, 0.3) is 0 Å². The third-order valence-electron chi connectivity index (χ3n) is 3.98. The number of anilines is 1. The third-order valence-corrected chi connectivity index (χ3v) is 5.03. The Morgan fingerprint density at radius 1 is 1.32 bits per heavy atom. The molecule has 19 heavy (non-hydrogen) atoms. The van der Waals surface area contributed by atoms with E-state index in [1.54, 1.807) is 0 Å². The summed E-state index contributed by atoms with van der Waals surface area (Å²) in [6.45, 7) is 5.44. The van der Waals surface area contributed by atoms with Crippen LogP contribution in [0.4, 0.5) is 5.82 Å². The molecule has 2 aliphatic rings. The topological polar surface area (TPSA) is 33.1 Å². The van der Waals surface area contributed by atoms with Crippen molar-refractivity contribution in [3.8, 4) is 0 Å². The van der Waals surface area contributed by atoms with E-state index in [-0.39, 0.29) is 0 Å². The van der Waals surface area contributed by atoms with Gasteiger partial charge in [-0.25, -0.2) is 0 Å². The molecule has 2 heterocycles. The maximum Gasteiger partial charge on any atom is 0.131 e. The van der Waals surface area contributed by atoms with Crippen LogP contribution in [0.1, 0.15) is 30.5 Å². The van der Waals surface area contributed by atoms with Crippen LogP contribution >= 0.6 is 11.8 Å². The van der Waals surface area contributed by atoms with E-state index >= 15 is 0 Å². The van der Waals surface area contributed by atoms with Gasteiger partial charge in [0.1, 0.15) is 5.82 Å². The monoisotopic (exact) mass is 280 g/mol. The molecule has 0 amide bonds. The quantitative estimate of drug-likeness (QED) is 0.913. The summed E-state index contributed by atoms with van der Waals surface area (Å²) >= 11 is 2.07. The van der Waals surface area contributed by atoms with Gasteiger partial charge in [-0.1, -0.05) is 0 Å². The molecule has 0 atom stereocenters. The predicted molar refractivity (Wildman–Crippen MR) is 82.0 cm³/mol. The highest BCUT2D eigenvalue weighted by Gasteiger charge is 2.24. The smallest absolute Gasteiger partial charge is 0.131 e. The largest absolute Gasteiger partial charge is 0.356 e. The van der Waals surface area contributed by atoms with Crippen LogP contribution in [-0.4, -0.2) is 40.4 Å². The Balaban J connectivity index is 1.80. The second-order valence-electron chi connectivity index (χ2n) is 5.62. The normalized spacial score (nSPS) is 20.6. The molecule has 1 aromatic rings. The van der Waals surface area contributed by atoms with E-state index in [9.17, 15) is 0 Å². The lowest BCUT2D eigenvalue weighted by atomic mass is 10.2. The van der Waals surface area contributed by atoms with E-state index in [4.69, 9.17) is 0 Å². The van der Waals surface area contributed by atoms with Gasteiger partial charge in [-0.3, -0.25) is 4.68 Å². The van der Waals surface area contributed by atoms with Crippen LogP contribution in [0.5, 0.6) is 0 Å². The number of nitrogens with zero attached hydrogens (tertiary/aromatic N) is 3. The van der Waals surface area contributed by atoms with Crippen molar-refractivity contribution in [3.63, 3.8) is 0 Å². The zero-order valence-electron chi connectivity index (χ0n) is 12.0. The summed E-state index contributed by atoms with van der Waals surface area (Å²) in [6.07, 6.45) is 3.97. The van der Waals surface area contributed by atoms with Crippen molar-refractivity contribution in [2.45, 2.75) is 38.8 Å². The van der Waals surface area contributed by atoms with Crippen LogP contribution in [0, 0.1) is 6.92 Å². The molecule has 1 aliphatic carbocycles. The number of aryl methyl sites for hydroxylation is 2. The van der Waals surface area contributed by atoms with E-state index < -0.39 is 0 Å². The maximum absolute atomic E-state index is 4.64. The first-order valence-electron chi connectivity index (χ1n) is 7.34. The van der Waals surface area contributed by atoms with Gasteiger partial charge in [-0.05, 0) is 31.9 Å². The van der Waals surface area contributed by atoms with Gasteiger partial charge < -0.3 is 10.2 Å². The highest BCUT2D eigenvalue weighted by atomic mass is 32.2. The van der Waals surface area contributed by atoms with E-state index in [1.807, 2.05) is 0 Å². The lowest BCUT2D eigenvalue weighted by molar-refractivity contribution is 0.674. The molecule has 4 nitrogen and oxygen atoms in total. The third kappa shape index (κ3) is 3.08. The Hall–Kier alpha value is -0.680. The number of hydrogen-bond donors (Lipinski definition) is 1. The summed E-state index contributed by atoms with van der Waals surface area (Å²) in [5.74, 6) is 3.87. The Bertz CT molecular complexity index is 431. The second kappa shape index (κ2) is 5.75. The zero-order valence-corrected chi connectivity index (χ0v) is 12.8. The lowest BCUT2D eigenvalue weighted by Crippen LogP contribution is -2.29. The van der Waals surface area contributed by atoms with Gasteiger partial charge in [0, 0.05) is 44.0 Å². The molecule has 5 heteroatoms. The average molecular weight is 280 g/mol. The molecule has 0 unspecified atom stereocenters. The van der Waals surface area contributed by atoms with E-state index in [2.05, 4.69) is 45.7 Å². The van der Waals surface area contributed by atoms with E-state index in [1.165, 1.54) is 54.4 Å². The van der Waals surface area contributed by atoms with Crippen molar-refractivity contribution in [2.75, 3.05) is 29.5 Å². The number of rotatable bonds is 4. The molecule has 1 N–H and O–H groups in total. The number of nitrogens with one attached hydrogen (secondary N) is 1. The molecule has 2 fully saturated rings. The summed E-state index contributed by atoms with van der Waals surface area (Å²) in [5, 5.41) is 8.28. The fourth-order valence-electron chi connectivity index (χ4n) is 2.78. The van der Waals surface area contributed by atoms with Gasteiger partial charge in [-0.2, -0.15) is 16.9 Å². The number of hydrogen-bond acceptors (Lipinski definition) is 4. The number of thioether (sulfide) groups is 1. The minimum absolute atomic E-state index is 0.757. The van der Waals surface area contributed by atoms with Crippen LogP contribution in [0.3, 0.4) is 0 Å². The van der Waals surface area contributed by atoms with Crippen LogP contribution in [-0.2, 0) is 13.6 Å². The van der Waals surface area contributed by atoms with Crippen LogP contribution < -0.4 is 10.2 Å². The summed E-state index contributed by atoms with van der Waals surface area (Å²) in [7, 11) is 2.08. The molecule has 0 spiro atoms. The molecule has 1 saturated heterocycles. The molecule has 1 saturated carbocycles. The molecule has 0 aromatic carbocycles. The van der Waals surface area contributed by atoms with Crippen molar-refractivity contribution >= 4 is 17.6 Å². The summed E-state index contributed by atoms with van der Waals surface area (Å²) < 4.78 is 2.08. The van der Waals surface area contributed by atoms with Crippen LogP contribution in [0.2, 0.25) is 0 Å². The molecular formula is C14H24N4S. The first-order chi connectivity index (χ1) is 9.25. The Kier molecular flexibility index (Phi) is 4.03. The Labute approximate surface area is 119 Å². The second-order valence-corrected chi connectivity index (χ2v) is 6.84. The maximum atomic E-state index is 4.64. The first-order valence-corrected chi connectivity index (χ1v) is 8.49. The van der Waals surface area contributed by atoms with Crippen molar-refractivity contribution in [2.24, 2.45) is 7.05 Å².